The molecule has 0 spiro atoms. The predicted molar refractivity (Wildman–Crippen MR) is 88.2 cm³/mol. The zero-order chi connectivity index (χ0) is 16.2. The SMILES string of the molecule is Cc1ccc(=O)n(CCN2CCCCC2CNC(=O)C2CC2)n1. The summed E-state index contributed by atoms with van der Waals surface area (Å²) in [4.78, 5) is 26.1. The third kappa shape index (κ3) is 4.41. The molecule has 3 rings (SSSR count). The van der Waals surface area contributed by atoms with Crippen LogP contribution in [-0.4, -0.2) is 46.3 Å². The number of hydrogen-bond donors (Lipinski definition) is 1. The first-order chi connectivity index (χ1) is 11.1. The summed E-state index contributed by atoms with van der Waals surface area (Å²) in [6, 6.07) is 3.70. The summed E-state index contributed by atoms with van der Waals surface area (Å²) in [7, 11) is 0. The highest BCUT2D eigenvalue weighted by Gasteiger charge is 2.30. The molecule has 1 aliphatic carbocycles. The van der Waals surface area contributed by atoms with Gasteiger partial charge in [-0.2, -0.15) is 5.10 Å². The molecule has 2 aliphatic rings. The second-order valence-corrected chi connectivity index (χ2v) is 6.74. The van der Waals surface area contributed by atoms with Gasteiger partial charge >= 0.3 is 0 Å². The highest BCUT2D eigenvalue weighted by Crippen LogP contribution is 2.28. The van der Waals surface area contributed by atoms with Gasteiger partial charge in [0.1, 0.15) is 0 Å². The van der Waals surface area contributed by atoms with Gasteiger partial charge < -0.3 is 5.32 Å². The van der Waals surface area contributed by atoms with Gasteiger partial charge in [-0.15, -0.1) is 0 Å². The summed E-state index contributed by atoms with van der Waals surface area (Å²) in [5, 5.41) is 7.39. The standard InChI is InChI=1S/C17H26N4O2/c1-13-5-8-16(22)21(19-13)11-10-20-9-3-2-4-15(20)12-18-17(23)14-6-7-14/h5,8,14-15H,2-4,6-7,9-12H2,1H3,(H,18,23). The first-order valence-corrected chi connectivity index (χ1v) is 8.70. The quantitative estimate of drug-likeness (QED) is 0.847. The second-order valence-electron chi connectivity index (χ2n) is 6.74. The van der Waals surface area contributed by atoms with E-state index in [4.69, 9.17) is 0 Å². The summed E-state index contributed by atoms with van der Waals surface area (Å²) in [5.41, 5.74) is 0.808. The lowest BCUT2D eigenvalue weighted by Gasteiger charge is -2.35. The van der Waals surface area contributed by atoms with Gasteiger partial charge in [-0.05, 0) is 45.2 Å². The van der Waals surface area contributed by atoms with Crippen LogP contribution in [0.1, 0.15) is 37.8 Å². The lowest BCUT2D eigenvalue weighted by atomic mass is 10.0. The smallest absolute Gasteiger partial charge is 0.266 e. The van der Waals surface area contributed by atoms with Gasteiger partial charge in [-0.3, -0.25) is 14.5 Å². The van der Waals surface area contributed by atoms with Crippen LogP contribution >= 0.6 is 0 Å². The molecule has 1 aromatic rings. The fraction of sp³-hybridized carbons (Fsp3) is 0.706. The molecular formula is C17H26N4O2. The maximum atomic E-state index is 11.8. The van der Waals surface area contributed by atoms with Crippen LogP contribution in [0.25, 0.3) is 0 Å². The summed E-state index contributed by atoms with van der Waals surface area (Å²) in [6.45, 7) is 5.07. The van der Waals surface area contributed by atoms with Gasteiger partial charge in [-0.25, -0.2) is 4.68 Å². The van der Waals surface area contributed by atoms with Crippen LogP contribution < -0.4 is 10.9 Å². The number of carbonyl (C=O) groups is 1. The number of aromatic nitrogens is 2. The number of piperidine rings is 1. The van der Waals surface area contributed by atoms with Crippen LogP contribution in [0.4, 0.5) is 0 Å². The van der Waals surface area contributed by atoms with E-state index in [2.05, 4.69) is 15.3 Å². The van der Waals surface area contributed by atoms with E-state index < -0.39 is 0 Å². The molecule has 1 amide bonds. The van der Waals surface area contributed by atoms with Crippen molar-refractivity contribution < 1.29 is 4.79 Å². The number of aryl methyl sites for hydroxylation is 1. The highest BCUT2D eigenvalue weighted by molar-refractivity contribution is 5.80. The van der Waals surface area contributed by atoms with E-state index in [1.54, 1.807) is 16.8 Å². The minimum Gasteiger partial charge on any atom is -0.354 e. The number of carbonyl (C=O) groups excluding carboxylic acids is 1. The van der Waals surface area contributed by atoms with Crippen molar-refractivity contribution >= 4 is 5.91 Å². The lowest BCUT2D eigenvalue weighted by Crippen LogP contribution is -2.48. The highest BCUT2D eigenvalue weighted by atomic mass is 16.2. The third-order valence-electron chi connectivity index (χ3n) is 4.81. The number of nitrogens with zero attached hydrogens (tertiary/aromatic N) is 3. The van der Waals surface area contributed by atoms with E-state index in [1.807, 2.05) is 6.92 Å². The van der Waals surface area contributed by atoms with Gasteiger partial charge in [-0.1, -0.05) is 6.42 Å². The average molecular weight is 318 g/mol. The summed E-state index contributed by atoms with van der Waals surface area (Å²) >= 11 is 0. The van der Waals surface area contributed by atoms with Crippen molar-refractivity contribution in [2.45, 2.75) is 51.6 Å². The van der Waals surface area contributed by atoms with Crippen LogP contribution in [0.5, 0.6) is 0 Å². The first-order valence-electron chi connectivity index (χ1n) is 8.70. The summed E-state index contributed by atoms with van der Waals surface area (Å²) < 4.78 is 1.55. The fourth-order valence-corrected chi connectivity index (χ4v) is 3.23. The Morgan fingerprint density at radius 3 is 2.87 bits per heavy atom. The van der Waals surface area contributed by atoms with E-state index in [0.717, 1.165) is 44.6 Å². The van der Waals surface area contributed by atoms with E-state index in [0.29, 0.717) is 12.6 Å². The minimum absolute atomic E-state index is 0.0498. The Kier molecular flexibility index (Phi) is 5.10. The van der Waals surface area contributed by atoms with Crippen molar-refractivity contribution in [3.63, 3.8) is 0 Å². The molecule has 1 saturated carbocycles. The molecule has 126 valence electrons. The number of rotatable bonds is 6. The number of hydrogen-bond acceptors (Lipinski definition) is 4. The van der Waals surface area contributed by atoms with E-state index in [9.17, 15) is 9.59 Å². The van der Waals surface area contributed by atoms with Crippen LogP contribution in [0.15, 0.2) is 16.9 Å². The van der Waals surface area contributed by atoms with Crippen molar-refractivity contribution in [2.24, 2.45) is 5.92 Å². The predicted octanol–water partition coefficient (Wildman–Crippen LogP) is 0.932. The van der Waals surface area contributed by atoms with Gasteiger partial charge in [0.2, 0.25) is 5.91 Å². The molecule has 0 aromatic carbocycles. The normalized spacial score (nSPS) is 22.0. The molecule has 2 heterocycles. The Hall–Kier alpha value is -1.69. The fourth-order valence-electron chi connectivity index (χ4n) is 3.23. The van der Waals surface area contributed by atoms with Crippen molar-refractivity contribution in [1.29, 1.82) is 0 Å². The van der Waals surface area contributed by atoms with E-state index >= 15 is 0 Å². The van der Waals surface area contributed by atoms with Gasteiger partial charge in [0.25, 0.3) is 5.56 Å². The minimum atomic E-state index is -0.0498. The molecule has 1 aliphatic heterocycles. The number of nitrogens with one attached hydrogen (secondary N) is 1. The van der Waals surface area contributed by atoms with Crippen LogP contribution in [0.3, 0.4) is 0 Å². The van der Waals surface area contributed by atoms with Gasteiger partial charge in [0, 0.05) is 31.1 Å². The van der Waals surface area contributed by atoms with Crippen molar-refractivity contribution in [1.82, 2.24) is 20.0 Å². The largest absolute Gasteiger partial charge is 0.354 e. The van der Waals surface area contributed by atoms with E-state index in [1.165, 1.54) is 12.8 Å². The molecule has 2 fully saturated rings. The number of amides is 1. The van der Waals surface area contributed by atoms with Crippen LogP contribution in [-0.2, 0) is 11.3 Å². The average Bonchev–Trinajstić information content (AvgIpc) is 3.39. The molecule has 0 radical (unpaired) electrons. The van der Waals surface area contributed by atoms with E-state index in [-0.39, 0.29) is 17.4 Å². The lowest BCUT2D eigenvalue weighted by molar-refractivity contribution is -0.122. The number of likely N-dealkylation sites (tertiary alicyclic amines) is 1. The Balaban J connectivity index is 1.54. The monoisotopic (exact) mass is 318 g/mol. The summed E-state index contributed by atoms with van der Waals surface area (Å²) in [5.74, 6) is 0.481. The first kappa shape index (κ1) is 16.2. The molecule has 1 aromatic heterocycles. The molecule has 6 heteroatoms. The molecule has 0 bridgehead atoms. The Bertz CT molecular complexity index is 609. The zero-order valence-corrected chi connectivity index (χ0v) is 13.8. The summed E-state index contributed by atoms with van der Waals surface area (Å²) in [6.07, 6.45) is 5.59. The zero-order valence-electron chi connectivity index (χ0n) is 13.8. The molecule has 1 atom stereocenters. The van der Waals surface area contributed by atoms with Crippen molar-refractivity contribution in [3.05, 3.63) is 28.2 Å². The topological polar surface area (TPSA) is 67.2 Å². The third-order valence-corrected chi connectivity index (χ3v) is 4.81. The maximum Gasteiger partial charge on any atom is 0.266 e. The molecule has 1 N–H and O–H groups in total. The van der Waals surface area contributed by atoms with Crippen LogP contribution in [0.2, 0.25) is 0 Å². The maximum absolute atomic E-state index is 11.8. The Morgan fingerprint density at radius 2 is 2.09 bits per heavy atom. The Morgan fingerprint density at radius 1 is 1.26 bits per heavy atom. The van der Waals surface area contributed by atoms with Crippen LogP contribution in [0, 0.1) is 12.8 Å². The molecule has 1 saturated heterocycles. The molecular weight excluding hydrogens is 292 g/mol. The molecule has 23 heavy (non-hydrogen) atoms. The van der Waals surface area contributed by atoms with Gasteiger partial charge in [0.15, 0.2) is 0 Å². The van der Waals surface area contributed by atoms with Gasteiger partial charge in [0.05, 0.1) is 12.2 Å². The van der Waals surface area contributed by atoms with Crippen molar-refractivity contribution in [2.75, 3.05) is 19.6 Å². The second kappa shape index (κ2) is 7.25. The molecule has 6 nitrogen and oxygen atoms in total. The molecule has 1 unspecified atom stereocenters. The van der Waals surface area contributed by atoms with Crippen molar-refractivity contribution in [3.8, 4) is 0 Å². The Labute approximate surface area is 136 Å².